The fourth-order valence-electron chi connectivity index (χ4n) is 2.29. The maximum atomic E-state index is 12.0. The molecule has 1 amide bonds. The fourth-order valence-corrected chi connectivity index (χ4v) is 3.38. The summed E-state index contributed by atoms with van der Waals surface area (Å²) in [7, 11) is 0. The summed E-state index contributed by atoms with van der Waals surface area (Å²) in [6.45, 7) is 3.85. The quantitative estimate of drug-likeness (QED) is 0.217. The second-order valence-electron chi connectivity index (χ2n) is 5.89. The van der Waals surface area contributed by atoms with Crippen LogP contribution in [-0.4, -0.2) is 43.7 Å². The van der Waals surface area contributed by atoms with Gasteiger partial charge in [-0.05, 0) is 55.8 Å². The molecule has 2 aromatic carbocycles. The molecule has 166 valence electrons. The smallest absolute Gasteiger partial charge is 0.344 e. The molecule has 2 aromatic rings. The number of hydrogen-bond acceptors (Lipinski definition) is 7. The van der Waals surface area contributed by atoms with Gasteiger partial charge in [0, 0.05) is 9.92 Å². The minimum absolute atomic E-state index is 0.199. The molecule has 0 atom stereocenters. The predicted molar refractivity (Wildman–Crippen MR) is 123 cm³/mol. The van der Waals surface area contributed by atoms with Gasteiger partial charge in [0.2, 0.25) is 5.91 Å². The van der Waals surface area contributed by atoms with Crippen LogP contribution in [0.25, 0.3) is 0 Å². The third-order valence-electron chi connectivity index (χ3n) is 3.56. The first kappa shape index (κ1) is 24.8. The maximum Gasteiger partial charge on any atom is 0.344 e. The minimum atomic E-state index is -0.508. The average molecular weight is 485 g/mol. The van der Waals surface area contributed by atoms with Gasteiger partial charge in [-0.15, -0.1) is 11.8 Å². The van der Waals surface area contributed by atoms with Gasteiger partial charge in [0.1, 0.15) is 0 Å². The molecule has 0 aliphatic rings. The molecule has 2 rings (SSSR count). The van der Waals surface area contributed by atoms with Crippen molar-refractivity contribution < 1.29 is 23.8 Å². The van der Waals surface area contributed by atoms with Gasteiger partial charge in [-0.2, -0.15) is 5.10 Å². The first-order valence-corrected chi connectivity index (χ1v) is 11.1. The Morgan fingerprint density at radius 1 is 1.10 bits per heavy atom. The zero-order valence-electron chi connectivity index (χ0n) is 17.0. The number of thioether (sulfide) groups is 1. The Morgan fingerprint density at radius 2 is 1.84 bits per heavy atom. The maximum absolute atomic E-state index is 12.0. The highest BCUT2D eigenvalue weighted by molar-refractivity contribution is 8.00. The molecule has 0 aromatic heterocycles. The van der Waals surface area contributed by atoms with Crippen LogP contribution in [0, 0.1) is 0 Å². The van der Waals surface area contributed by atoms with Crippen LogP contribution in [-0.2, 0) is 14.3 Å². The normalized spacial score (nSPS) is 10.7. The van der Waals surface area contributed by atoms with E-state index in [0.717, 1.165) is 4.90 Å². The van der Waals surface area contributed by atoms with Gasteiger partial charge >= 0.3 is 5.97 Å². The highest BCUT2D eigenvalue weighted by atomic mass is 35.5. The largest absolute Gasteiger partial charge is 0.490 e. The lowest BCUT2D eigenvalue weighted by molar-refractivity contribution is -0.145. The van der Waals surface area contributed by atoms with Gasteiger partial charge in [0.25, 0.3) is 0 Å². The number of carbonyl (C=O) groups excluding carboxylic acids is 2. The van der Waals surface area contributed by atoms with Crippen molar-refractivity contribution in [3.63, 3.8) is 0 Å². The van der Waals surface area contributed by atoms with Gasteiger partial charge in [-0.1, -0.05) is 23.2 Å². The van der Waals surface area contributed by atoms with Crippen LogP contribution in [0.3, 0.4) is 0 Å². The molecule has 0 saturated carbocycles. The third kappa shape index (κ3) is 8.69. The first-order valence-electron chi connectivity index (χ1n) is 9.38. The number of ether oxygens (including phenoxy) is 3. The molecule has 0 spiro atoms. The number of halogens is 2. The molecular formula is C21H22Cl2N2O5S. The molecule has 0 radical (unpaired) electrons. The molecular weight excluding hydrogens is 463 g/mol. The van der Waals surface area contributed by atoms with Crippen LogP contribution < -0.4 is 14.9 Å². The van der Waals surface area contributed by atoms with Crippen molar-refractivity contribution in [3.05, 3.63) is 52.0 Å². The van der Waals surface area contributed by atoms with Gasteiger partial charge in [-0.3, -0.25) is 4.79 Å². The zero-order valence-corrected chi connectivity index (χ0v) is 19.4. The van der Waals surface area contributed by atoms with Crippen molar-refractivity contribution in [3.8, 4) is 11.5 Å². The van der Waals surface area contributed by atoms with Crippen LogP contribution in [0.5, 0.6) is 11.5 Å². The molecule has 0 saturated heterocycles. The van der Waals surface area contributed by atoms with Gasteiger partial charge in [0.15, 0.2) is 18.1 Å². The summed E-state index contributed by atoms with van der Waals surface area (Å²) in [5.41, 5.74) is 3.05. The number of carbonyl (C=O) groups is 2. The van der Waals surface area contributed by atoms with E-state index in [4.69, 9.17) is 37.4 Å². The van der Waals surface area contributed by atoms with E-state index in [1.165, 1.54) is 18.0 Å². The average Bonchev–Trinajstić information content (AvgIpc) is 2.73. The SMILES string of the molecule is CCOC(=O)COc1c(Cl)cc(/C=N\NC(=O)CSc2ccc(Cl)cc2)cc1OCC. The Kier molecular flexibility index (Phi) is 10.5. The fraction of sp³-hybridized carbons (Fsp3) is 0.286. The molecule has 0 aliphatic carbocycles. The van der Waals surface area contributed by atoms with Crippen molar-refractivity contribution in [2.75, 3.05) is 25.6 Å². The lowest BCUT2D eigenvalue weighted by atomic mass is 10.2. The molecule has 0 heterocycles. The lowest BCUT2D eigenvalue weighted by Gasteiger charge is -2.14. The highest BCUT2D eigenvalue weighted by Crippen LogP contribution is 2.36. The number of hydrogen-bond donors (Lipinski definition) is 1. The van der Waals surface area contributed by atoms with E-state index in [2.05, 4.69) is 10.5 Å². The number of rotatable bonds is 11. The predicted octanol–water partition coefficient (Wildman–Crippen LogP) is 4.58. The van der Waals surface area contributed by atoms with Crippen molar-refractivity contribution in [2.24, 2.45) is 5.10 Å². The van der Waals surface area contributed by atoms with Crippen LogP contribution in [0.1, 0.15) is 19.4 Å². The van der Waals surface area contributed by atoms with Crippen molar-refractivity contribution in [1.29, 1.82) is 0 Å². The Morgan fingerprint density at radius 3 is 2.52 bits per heavy atom. The summed E-state index contributed by atoms with van der Waals surface area (Å²) in [5, 5.41) is 4.83. The molecule has 31 heavy (non-hydrogen) atoms. The summed E-state index contributed by atoms with van der Waals surface area (Å²) >= 11 is 13.5. The zero-order chi connectivity index (χ0) is 22.6. The summed E-state index contributed by atoms with van der Waals surface area (Å²) in [5.74, 6) is 0.0138. The minimum Gasteiger partial charge on any atom is -0.490 e. The van der Waals surface area contributed by atoms with Crippen LogP contribution in [0.2, 0.25) is 10.0 Å². The van der Waals surface area contributed by atoms with E-state index in [-0.39, 0.29) is 35.6 Å². The number of hydrazone groups is 1. The second-order valence-corrected chi connectivity index (χ2v) is 7.78. The molecule has 0 fully saturated rings. The molecule has 0 bridgehead atoms. The molecule has 7 nitrogen and oxygen atoms in total. The van der Waals surface area contributed by atoms with E-state index in [1.807, 2.05) is 19.1 Å². The van der Waals surface area contributed by atoms with E-state index in [1.54, 1.807) is 31.2 Å². The Hall–Kier alpha value is -2.42. The summed E-state index contributed by atoms with van der Waals surface area (Å²) in [6.07, 6.45) is 1.44. The standard InChI is InChI=1S/C21H22Cl2N2O5S/c1-3-28-18-10-14(9-17(23)21(18)30-12-20(27)29-4-2)11-24-25-19(26)13-31-16-7-5-15(22)6-8-16/h5-11H,3-4,12-13H2,1-2H3,(H,25,26)/b24-11-. The van der Waals surface area contributed by atoms with Gasteiger partial charge in [-0.25, -0.2) is 10.2 Å². The number of amides is 1. The number of benzene rings is 2. The third-order valence-corrected chi connectivity index (χ3v) is 5.10. The summed E-state index contributed by atoms with van der Waals surface area (Å²) in [4.78, 5) is 24.4. The number of esters is 1. The van der Waals surface area contributed by atoms with E-state index in [9.17, 15) is 9.59 Å². The number of nitrogens with one attached hydrogen (secondary N) is 1. The Bertz CT molecular complexity index is 923. The van der Waals surface area contributed by atoms with Crippen LogP contribution in [0.15, 0.2) is 46.4 Å². The lowest BCUT2D eigenvalue weighted by Crippen LogP contribution is -2.19. The molecule has 1 N–H and O–H groups in total. The first-order chi connectivity index (χ1) is 14.9. The van der Waals surface area contributed by atoms with E-state index < -0.39 is 5.97 Å². The second kappa shape index (κ2) is 13.1. The summed E-state index contributed by atoms with van der Waals surface area (Å²) < 4.78 is 15.8. The monoisotopic (exact) mass is 484 g/mol. The van der Waals surface area contributed by atoms with Gasteiger partial charge < -0.3 is 14.2 Å². The summed E-state index contributed by atoms with van der Waals surface area (Å²) in [6, 6.07) is 10.4. The van der Waals surface area contributed by atoms with E-state index >= 15 is 0 Å². The van der Waals surface area contributed by atoms with Gasteiger partial charge in [0.05, 0.1) is 30.2 Å². The van der Waals surface area contributed by atoms with Crippen molar-refractivity contribution in [2.45, 2.75) is 18.7 Å². The van der Waals surface area contributed by atoms with E-state index in [0.29, 0.717) is 22.9 Å². The number of nitrogens with zero attached hydrogens (tertiary/aromatic N) is 1. The van der Waals surface area contributed by atoms with Crippen molar-refractivity contribution in [1.82, 2.24) is 5.43 Å². The van der Waals surface area contributed by atoms with Crippen LogP contribution in [0.4, 0.5) is 0 Å². The Balaban J connectivity index is 1.96. The molecule has 0 unspecified atom stereocenters. The molecule has 10 heteroatoms. The molecule has 0 aliphatic heterocycles. The van der Waals surface area contributed by atoms with Crippen molar-refractivity contribution >= 4 is 53.1 Å². The topological polar surface area (TPSA) is 86.2 Å². The Labute approximate surface area is 195 Å². The van der Waals surface area contributed by atoms with Crippen LogP contribution >= 0.6 is 35.0 Å². The highest BCUT2D eigenvalue weighted by Gasteiger charge is 2.14.